The van der Waals surface area contributed by atoms with Crippen LogP contribution in [-0.4, -0.2) is 15.0 Å². The number of nitrogens with zero attached hydrogens (tertiary/aromatic N) is 3. The molecule has 0 amide bonds. The molecule has 6 heteroatoms. The zero-order valence-electron chi connectivity index (χ0n) is 10.3. The lowest BCUT2D eigenvalue weighted by Gasteiger charge is -2.08. The van der Waals surface area contributed by atoms with Gasteiger partial charge in [-0.2, -0.15) is 0 Å². The number of rotatable bonds is 3. The Labute approximate surface area is 132 Å². The van der Waals surface area contributed by atoms with Crippen LogP contribution in [0.1, 0.15) is 5.69 Å². The second-order valence-electron chi connectivity index (χ2n) is 4.09. The van der Waals surface area contributed by atoms with Crippen LogP contribution >= 0.6 is 31.9 Å². The number of halogens is 2. The van der Waals surface area contributed by atoms with Gasteiger partial charge in [0.2, 0.25) is 0 Å². The van der Waals surface area contributed by atoms with Crippen LogP contribution in [0.2, 0.25) is 0 Å². The number of aromatic nitrogens is 3. The first-order valence-electron chi connectivity index (χ1n) is 5.86. The Kier molecular flexibility index (Phi) is 3.93. The average molecular weight is 395 g/mol. The van der Waals surface area contributed by atoms with E-state index in [0.717, 1.165) is 31.4 Å². The van der Waals surface area contributed by atoms with E-state index in [4.69, 9.17) is 4.74 Å². The van der Waals surface area contributed by atoms with E-state index in [-0.39, 0.29) is 0 Å². The predicted molar refractivity (Wildman–Crippen MR) is 83.5 cm³/mol. The van der Waals surface area contributed by atoms with Gasteiger partial charge in [0.15, 0.2) is 0 Å². The molecule has 0 radical (unpaired) electrons. The molecular weight excluding hydrogens is 386 g/mol. The summed E-state index contributed by atoms with van der Waals surface area (Å²) in [4.78, 5) is 12.8. The fourth-order valence-electron chi connectivity index (χ4n) is 1.71. The predicted octanol–water partition coefficient (Wildman–Crippen LogP) is 4.13. The summed E-state index contributed by atoms with van der Waals surface area (Å²) in [6, 6.07) is 7.60. The maximum absolute atomic E-state index is 5.74. The van der Waals surface area contributed by atoms with Gasteiger partial charge in [-0.05, 0) is 40.2 Å². The molecule has 4 nitrogen and oxygen atoms in total. The Bertz CT molecular complexity index is 764. The minimum Gasteiger partial charge on any atom is -0.486 e. The van der Waals surface area contributed by atoms with Gasteiger partial charge in [-0.25, -0.2) is 4.98 Å². The Hall–Kier alpha value is -1.53. The number of fused-ring (bicyclic) bond motifs is 1. The van der Waals surface area contributed by atoms with Crippen LogP contribution in [0.15, 0.2) is 51.8 Å². The van der Waals surface area contributed by atoms with E-state index in [1.54, 1.807) is 18.6 Å². The summed E-state index contributed by atoms with van der Waals surface area (Å²) < 4.78 is 7.63. The van der Waals surface area contributed by atoms with Crippen LogP contribution in [0.25, 0.3) is 11.0 Å². The number of hydrogen-bond acceptors (Lipinski definition) is 4. The summed E-state index contributed by atoms with van der Waals surface area (Å²) in [6.07, 6.45) is 5.10. The molecule has 3 aromatic rings. The van der Waals surface area contributed by atoms with Crippen molar-refractivity contribution in [3.05, 3.63) is 57.5 Å². The SMILES string of the molecule is Brc1ccc(OCc2cnc3cnccc3n2)c(Br)c1. The topological polar surface area (TPSA) is 47.9 Å². The van der Waals surface area contributed by atoms with Crippen LogP contribution in [-0.2, 0) is 6.61 Å². The molecule has 0 aliphatic heterocycles. The van der Waals surface area contributed by atoms with E-state index in [1.807, 2.05) is 24.3 Å². The van der Waals surface area contributed by atoms with E-state index in [2.05, 4.69) is 46.8 Å². The maximum atomic E-state index is 5.74. The third-order valence-corrected chi connectivity index (χ3v) is 3.78. The molecule has 3 rings (SSSR count). The van der Waals surface area contributed by atoms with Gasteiger partial charge >= 0.3 is 0 Å². The molecule has 0 N–H and O–H groups in total. The van der Waals surface area contributed by atoms with Gasteiger partial charge < -0.3 is 4.74 Å². The van der Waals surface area contributed by atoms with Crippen molar-refractivity contribution < 1.29 is 4.74 Å². The van der Waals surface area contributed by atoms with E-state index in [9.17, 15) is 0 Å². The van der Waals surface area contributed by atoms with Gasteiger partial charge in [0.1, 0.15) is 17.9 Å². The molecule has 0 aliphatic carbocycles. The molecule has 2 heterocycles. The molecular formula is C14H9Br2N3O. The maximum Gasteiger partial charge on any atom is 0.134 e. The smallest absolute Gasteiger partial charge is 0.134 e. The molecule has 100 valence electrons. The zero-order chi connectivity index (χ0) is 13.9. The van der Waals surface area contributed by atoms with Gasteiger partial charge in [-0.1, -0.05) is 15.9 Å². The summed E-state index contributed by atoms with van der Waals surface area (Å²) >= 11 is 6.87. The van der Waals surface area contributed by atoms with Crippen LogP contribution in [0.5, 0.6) is 5.75 Å². The number of benzene rings is 1. The fourth-order valence-corrected chi connectivity index (χ4v) is 2.88. The molecule has 2 aromatic heterocycles. The van der Waals surface area contributed by atoms with Gasteiger partial charge in [-0.3, -0.25) is 9.97 Å². The van der Waals surface area contributed by atoms with Gasteiger partial charge in [0.25, 0.3) is 0 Å². The molecule has 0 unspecified atom stereocenters. The second-order valence-corrected chi connectivity index (χ2v) is 5.86. The summed E-state index contributed by atoms with van der Waals surface area (Å²) in [5.74, 6) is 0.768. The number of hydrogen-bond donors (Lipinski definition) is 0. The van der Waals surface area contributed by atoms with Crippen LogP contribution in [0.3, 0.4) is 0 Å². The third-order valence-electron chi connectivity index (χ3n) is 2.66. The quantitative estimate of drug-likeness (QED) is 0.670. The second kappa shape index (κ2) is 5.85. The van der Waals surface area contributed by atoms with Crippen molar-refractivity contribution in [2.24, 2.45) is 0 Å². The first-order valence-corrected chi connectivity index (χ1v) is 7.44. The molecule has 20 heavy (non-hydrogen) atoms. The highest BCUT2D eigenvalue weighted by Gasteiger charge is 2.04. The monoisotopic (exact) mass is 393 g/mol. The van der Waals surface area contributed by atoms with Gasteiger partial charge in [-0.15, -0.1) is 0 Å². The molecule has 1 aromatic carbocycles. The van der Waals surface area contributed by atoms with Crippen molar-refractivity contribution >= 4 is 42.9 Å². The van der Waals surface area contributed by atoms with E-state index < -0.39 is 0 Å². The van der Waals surface area contributed by atoms with Crippen LogP contribution in [0.4, 0.5) is 0 Å². The molecule has 0 bridgehead atoms. The lowest BCUT2D eigenvalue weighted by Crippen LogP contribution is -2.00. The Morgan fingerprint density at radius 1 is 1.05 bits per heavy atom. The van der Waals surface area contributed by atoms with Gasteiger partial charge in [0, 0.05) is 10.7 Å². The van der Waals surface area contributed by atoms with Crippen molar-refractivity contribution in [3.8, 4) is 5.75 Å². The number of ether oxygens (including phenoxy) is 1. The highest BCUT2D eigenvalue weighted by molar-refractivity contribution is 9.11. The van der Waals surface area contributed by atoms with Crippen molar-refractivity contribution in [2.45, 2.75) is 6.61 Å². The first kappa shape index (κ1) is 13.5. The fraction of sp³-hybridized carbons (Fsp3) is 0.0714. The lowest BCUT2D eigenvalue weighted by atomic mass is 10.3. The summed E-state index contributed by atoms with van der Waals surface area (Å²) in [7, 11) is 0. The highest BCUT2D eigenvalue weighted by Crippen LogP contribution is 2.28. The Morgan fingerprint density at radius 3 is 2.80 bits per heavy atom. The minimum atomic E-state index is 0.367. The van der Waals surface area contributed by atoms with Crippen LogP contribution < -0.4 is 4.74 Å². The Morgan fingerprint density at radius 2 is 1.95 bits per heavy atom. The first-order chi connectivity index (χ1) is 9.72. The molecule has 0 saturated heterocycles. The molecule has 0 aliphatic rings. The van der Waals surface area contributed by atoms with Crippen molar-refractivity contribution in [1.82, 2.24) is 15.0 Å². The van der Waals surface area contributed by atoms with E-state index >= 15 is 0 Å². The lowest BCUT2D eigenvalue weighted by molar-refractivity contribution is 0.299. The minimum absolute atomic E-state index is 0.367. The summed E-state index contributed by atoms with van der Waals surface area (Å²) in [5, 5.41) is 0. The molecule has 0 spiro atoms. The summed E-state index contributed by atoms with van der Waals surface area (Å²) in [6.45, 7) is 0.367. The third kappa shape index (κ3) is 2.96. The zero-order valence-corrected chi connectivity index (χ0v) is 13.4. The highest BCUT2D eigenvalue weighted by atomic mass is 79.9. The largest absolute Gasteiger partial charge is 0.486 e. The average Bonchev–Trinajstić information content (AvgIpc) is 2.46. The molecule has 0 saturated carbocycles. The van der Waals surface area contributed by atoms with E-state index in [0.29, 0.717) is 6.61 Å². The van der Waals surface area contributed by atoms with Crippen LogP contribution in [0, 0.1) is 0 Å². The summed E-state index contributed by atoms with van der Waals surface area (Å²) in [5.41, 5.74) is 2.37. The molecule has 0 fully saturated rings. The van der Waals surface area contributed by atoms with Crippen molar-refractivity contribution in [2.75, 3.05) is 0 Å². The Balaban J connectivity index is 1.79. The van der Waals surface area contributed by atoms with Gasteiger partial charge in [0.05, 0.1) is 28.1 Å². The normalized spacial score (nSPS) is 10.7. The van der Waals surface area contributed by atoms with Crippen molar-refractivity contribution in [1.29, 1.82) is 0 Å². The number of pyridine rings is 1. The van der Waals surface area contributed by atoms with Crippen molar-refractivity contribution in [3.63, 3.8) is 0 Å². The molecule has 0 atom stereocenters. The standard InChI is InChI=1S/C14H9Br2N3O/c15-9-1-2-14(11(16)5-9)20-8-10-6-18-13-7-17-4-3-12(13)19-10/h1-7H,8H2. The van der Waals surface area contributed by atoms with E-state index in [1.165, 1.54) is 0 Å².